The minimum atomic E-state index is -0.165. The van der Waals surface area contributed by atoms with E-state index in [9.17, 15) is 5.11 Å². The Morgan fingerprint density at radius 3 is 2.50 bits per heavy atom. The molecule has 2 unspecified atom stereocenters. The van der Waals surface area contributed by atoms with Gasteiger partial charge in [0.2, 0.25) is 0 Å². The van der Waals surface area contributed by atoms with Gasteiger partial charge in [-0.05, 0) is 45.4 Å². The summed E-state index contributed by atoms with van der Waals surface area (Å²) >= 11 is 0. The molecule has 0 aliphatic carbocycles. The van der Waals surface area contributed by atoms with Crippen molar-refractivity contribution in [2.45, 2.75) is 71.2 Å². The van der Waals surface area contributed by atoms with Gasteiger partial charge in [-0.15, -0.1) is 0 Å². The van der Waals surface area contributed by atoms with Gasteiger partial charge in [-0.3, -0.25) is 0 Å². The average Bonchev–Trinajstić information content (AvgIpc) is 2.41. The highest BCUT2D eigenvalue weighted by atomic mass is 16.5. The molecular formula is C12H24O2. The van der Waals surface area contributed by atoms with Crippen molar-refractivity contribution in [2.75, 3.05) is 0 Å². The van der Waals surface area contributed by atoms with Crippen molar-refractivity contribution < 1.29 is 9.84 Å². The molecule has 0 saturated carbocycles. The Morgan fingerprint density at radius 2 is 2.07 bits per heavy atom. The molecule has 0 spiro atoms. The Labute approximate surface area is 87.7 Å². The number of ether oxygens (including phenoxy) is 1. The Hall–Kier alpha value is -0.0800. The molecule has 0 amide bonds. The molecule has 0 aromatic rings. The SMILES string of the molecule is CC(C)C(O)CCC1CCC(C)(C)O1. The summed E-state index contributed by atoms with van der Waals surface area (Å²) in [6.45, 7) is 8.41. The van der Waals surface area contributed by atoms with Crippen LogP contribution in [0.3, 0.4) is 0 Å². The summed E-state index contributed by atoms with van der Waals surface area (Å²) in [5.41, 5.74) is 0.0629. The molecular weight excluding hydrogens is 176 g/mol. The lowest BCUT2D eigenvalue weighted by Crippen LogP contribution is -2.22. The lowest BCUT2D eigenvalue weighted by molar-refractivity contribution is -0.0252. The van der Waals surface area contributed by atoms with E-state index in [4.69, 9.17) is 4.74 Å². The molecule has 0 bridgehead atoms. The zero-order valence-corrected chi connectivity index (χ0v) is 9.92. The summed E-state index contributed by atoms with van der Waals surface area (Å²) < 4.78 is 5.87. The summed E-state index contributed by atoms with van der Waals surface area (Å²) in [7, 11) is 0. The van der Waals surface area contributed by atoms with Crippen molar-refractivity contribution in [1.82, 2.24) is 0 Å². The first kappa shape index (κ1) is 12.0. The quantitative estimate of drug-likeness (QED) is 0.756. The van der Waals surface area contributed by atoms with Crippen LogP contribution in [0.15, 0.2) is 0 Å². The van der Waals surface area contributed by atoms with Crippen LogP contribution >= 0.6 is 0 Å². The fourth-order valence-corrected chi connectivity index (χ4v) is 1.97. The molecule has 1 aliphatic heterocycles. The number of aliphatic hydroxyl groups is 1. The molecule has 2 nitrogen and oxygen atoms in total. The molecule has 84 valence electrons. The van der Waals surface area contributed by atoms with Crippen LogP contribution in [0.2, 0.25) is 0 Å². The lowest BCUT2D eigenvalue weighted by atomic mass is 9.99. The van der Waals surface area contributed by atoms with E-state index in [0.29, 0.717) is 12.0 Å². The van der Waals surface area contributed by atoms with Crippen LogP contribution in [0.1, 0.15) is 53.4 Å². The summed E-state index contributed by atoms with van der Waals surface area (Å²) in [4.78, 5) is 0. The zero-order valence-electron chi connectivity index (χ0n) is 9.92. The second kappa shape index (κ2) is 4.63. The second-order valence-electron chi connectivity index (χ2n) is 5.43. The summed E-state index contributed by atoms with van der Waals surface area (Å²) in [6.07, 6.45) is 4.38. The van der Waals surface area contributed by atoms with Gasteiger partial charge < -0.3 is 9.84 Å². The maximum atomic E-state index is 9.66. The van der Waals surface area contributed by atoms with Crippen LogP contribution in [-0.2, 0) is 4.74 Å². The molecule has 1 rings (SSSR count). The van der Waals surface area contributed by atoms with Crippen LogP contribution in [0.25, 0.3) is 0 Å². The fraction of sp³-hybridized carbons (Fsp3) is 1.00. The van der Waals surface area contributed by atoms with E-state index in [2.05, 4.69) is 27.7 Å². The minimum absolute atomic E-state index is 0.0629. The van der Waals surface area contributed by atoms with Crippen molar-refractivity contribution in [3.05, 3.63) is 0 Å². The van der Waals surface area contributed by atoms with Crippen LogP contribution in [0, 0.1) is 5.92 Å². The van der Waals surface area contributed by atoms with Crippen LogP contribution < -0.4 is 0 Å². The van der Waals surface area contributed by atoms with Crippen molar-refractivity contribution >= 4 is 0 Å². The van der Waals surface area contributed by atoms with E-state index < -0.39 is 0 Å². The van der Waals surface area contributed by atoms with Gasteiger partial charge in [0.1, 0.15) is 0 Å². The van der Waals surface area contributed by atoms with E-state index in [0.717, 1.165) is 25.7 Å². The van der Waals surface area contributed by atoms with Crippen molar-refractivity contribution in [2.24, 2.45) is 5.92 Å². The summed E-state index contributed by atoms with van der Waals surface area (Å²) in [5, 5.41) is 9.66. The largest absolute Gasteiger partial charge is 0.393 e. The second-order valence-corrected chi connectivity index (χ2v) is 5.43. The van der Waals surface area contributed by atoms with Crippen molar-refractivity contribution in [3.63, 3.8) is 0 Å². The third kappa shape index (κ3) is 3.58. The van der Waals surface area contributed by atoms with Gasteiger partial charge in [0.15, 0.2) is 0 Å². The average molecular weight is 200 g/mol. The van der Waals surface area contributed by atoms with Gasteiger partial charge in [-0.2, -0.15) is 0 Å². The number of rotatable bonds is 4. The predicted octanol–water partition coefficient (Wildman–Crippen LogP) is 2.74. The predicted molar refractivity (Wildman–Crippen MR) is 58.3 cm³/mol. The fourth-order valence-electron chi connectivity index (χ4n) is 1.97. The Balaban J connectivity index is 2.21. The zero-order chi connectivity index (χ0) is 10.8. The Morgan fingerprint density at radius 1 is 1.43 bits per heavy atom. The molecule has 1 fully saturated rings. The van der Waals surface area contributed by atoms with Gasteiger partial charge in [0, 0.05) is 0 Å². The highest BCUT2D eigenvalue weighted by molar-refractivity contribution is 4.81. The summed E-state index contributed by atoms with van der Waals surface area (Å²) in [5.74, 6) is 0.365. The van der Waals surface area contributed by atoms with Gasteiger partial charge >= 0.3 is 0 Å². The third-order valence-electron chi connectivity index (χ3n) is 3.11. The number of aliphatic hydroxyl groups excluding tert-OH is 1. The highest BCUT2D eigenvalue weighted by Gasteiger charge is 2.31. The Bertz CT molecular complexity index is 175. The maximum Gasteiger partial charge on any atom is 0.0631 e. The van der Waals surface area contributed by atoms with Gasteiger partial charge in [0.25, 0.3) is 0 Å². The van der Waals surface area contributed by atoms with Gasteiger partial charge in [-0.25, -0.2) is 0 Å². The van der Waals surface area contributed by atoms with Gasteiger partial charge in [0.05, 0.1) is 17.8 Å². The number of hydrogen-bond acceptors (Lipinski definition) is 2. The molecule has 0 aromatic carbocycles. The summed E-state index contributed by atoms with van der Waals surface area (Å²) in [6, 6.07) is 0. The first-order valence-electron chi connectivity index (χ1n) is 5.76. The number of hydrogen-bond donors (Lipinski definition) is 1. The molecule has 1 aliphatic rings. The lowest BCUT2D eigenvalue weighted by Gasteiger charge is -2.21. The van der Waals surface area contributed by atoms with Crippen molar-refractivity contribution in [3.8, 4) is 0 Å². The molecule has 2 heteroatoms. The maximum absolute atomic E-state index is 9.66. The first-order chi connectivity index (χ1) is 6.41. The van der Waals surface area contributed by atoms with Crippen LogP contribution in [0.4, 0.5) is 0 Å². The topological polar surface area (TPSA) is 29.5 Å². The highest BCUT2D eigenvalue weighted by Crippen LogP contribution is 2.31. The third-order valence-corrected chi connectivity index (χ3v) is 3.11. The van der Waals surface area contributed by atoms with E-state index in [1.165, 1.54) is 0 Å². The molecule has 0 radical (unpaired) electrons. The molecule has 0 aromatic heterocycles. The standard InChI is InChI=1S/C12H24O2/c1-9(2)11(13)6-5-10-7-8-12(3,4)14-10/h9-11,13H,5-8H2,1-4H3. The Kier molecular flexibility index (Phi) is 3.96. The monoisotopic (exact) mass is 200 g/mol. The van der Waals surface area contributed by atoms with Gasteiger partial charge in [-0.1, -0.05) is 13.8 Å². The molecule has 2 atom stereocenters. The van der Waals surface area contributed by atoms with Crippen molar-refractivity contribution in [1.29, 1.82) is 0 Å². The minimum Gasteiger partial charge on any atom is -0.393 e. The van der Waals surface area contributed by atoms with E-state index in [-0.39, 0.29) is 11.7 Å². The van der Waals surface area contributed by atoms with E-state index >= 15 is 0 Å². The van der Waals surface area contributed by atoms with E-state index in [1.807, 2.05) is 0 Å². The smallest absolute Gasteiger partial charge is 0.0631 e. The molecule has 1 saturated heterocycles. The molecule has 14 heavy (non-hydrogen) atoms. The van der Waals surface area contributed by atoms with E-state index in [1.54, 1.807) is 0 Å². The van der Waals surface area contributed by atoms with Crippen LogP contribution in [0.5, 0.6) is 0 Å². The molecule has 1 N–H and O–H groups in total. The van der Waals surface area contributed by atoms with Crippen LogP contribution in [-0.4, -0.2) is 22.9 Å². The molecule has 1 heterocycles. The first-order valence-corrected chi connectivity index (χ1v) is 5.76. The normalized spacial score (nSPS) is 28.3.